The van der Waals surface area contributed by atoms with Crippen LogP contribution in [0.4, 0.5) is 11.4 Å². The van der Waals surface area contributed by atoms with E-state index >= 15 is 0 Å². The zero-order valence-corrected chi connectivity index (χ0v) is 14.9. The molecule has 0 spiro atoms. The summed E-state index contributed by atoms with van der Waals surface area (Å²) < 4.78 is 0. The number of rotatable bonds is 4. The van der Waals surface area contributed by atoms with Crippen molar-refractivity contribution in [1.82, 2.24) is 5.32 Å². The largest absolute Gasteiger partial charge is 0.390 e. The van der Waals surface area contributed by atoms with Gasteiger partial charge in [-0.25, -0.2) is 0 Å². The van der Waals surface area contributed by atoms with Crippen molar-refractivity contribution < 1.29 is 5.11 Å². The van der Waals surface area contributed by atoms with E-state index in [9.17, 15) is 5.11 Å². The predicted octanol–water partition coefficient (Wildman–Crippen LogP) is 3.67. The monoisotopic (exact) mass is 324 g/mol. The van der Waals surface area contributed by atoms with E-state index in [2.05, 4.69) is 79.5 Å². The first kappa shape index (κ1) is 17.0. The standard InChI is InChI=1S/C21H28N2O/c1-21(2,3)22-14-18(24)15-23-19-10-6-4-8-16(19)12-13-17-9-5-7-11-20(17)23/h4-11,18,22,24H,12-15H2,1-3H3. The normalized spacial score (nSPS) is 15.4. The highest BCUT2D eigenvalue weighted by molar-refractivity contribution is 5.71. The molecule has 1 aliphatic rings. The molecule has 1 aliphatic heterocycles. The first-order chi connectivity index (χ1) is 11.4. The maximum absolute atomic E-state index is 10.6. The fourth-order valence-electron chi connectivity index (χ4n) is 3.27. The van der Waals surface area contributed by atoms with Gasteiger partial charge in [0.25, 0.3) is 0 Å². The van der Waals surface area contributed by atoms with E-state index in [4.69, 9.17) is 0 Å². The number of anilines is 2. The summed E-state index contributed by atoms with van der Waals surface area (Å²) in [5, 5.41) is 14.0. The number of nitrogens with zero attached hydrogens (tertiary/aromatic N) is 1. The third-order valence-corrected chi connectivity index (χ3v) is 4.49. The van der Waals surface area contributed by atoms with Crippen LogP contribution in [-0.4, -0.2) is 29.8 Å². The Morgan fingerprint density at radius 1 is 0.958 bits per heavy atom. The smallest absolute Gasteiger partial charge is 0.0843 e. The molecular weight excluding hydrogens is 296 g/mol. The third-order valence-electron chi connectivity index (χ3n) is 4.49. The van der Waals surface area contributed by atoms with Crippen molar-refractivity contribution in [3.05, 3.63) is 59.7 Å². The van der Waals surface area contributed by atoms with E-state index in [-0.39, 0.29) is 5.54 Å². The number of hydrogen-bond donors (Lipinski definition) is 2. The van der Waals surface area contributed by atoms with Gasteiger partial charge >= 0.3 is 0 Å². The fraction of sp³-hybridized carbons (Fsp3) is 0.429. The van der Waals surface area contributed by atoms with Crippen LogP contribution in [0.25, 0.3) is 0 Å². The maximum Gasteiger partial charge on any atom is 0.0843 e. The summed E-state index contributed by atoms with van der Waals surface area (Å²) in [5.74, 6) is 0. The summed E-state index contributed by atoms with van der Waals surface area (Å²) in [4.78, 5) is 2.28. The Balaban J connectivity index is 1.88. The zero-order chi connectivity index (χ0) is 17.2. The van der Waals surface area contributed by atoms with Crippen molar-refractivity contribution >= 4 is 11.4 Å². The van der Waals surface area contributed by atoms with Crippen LogP contribution in [-0.2, 0) is 12.8 Å². The number of β-amino-alcohol motifs (C(OH)–C–C–N with tert-alkyl or cyclic N) is 1. The number of para-hydroxylation sites is 2. The van der Waals surface area contributed by atoms with Gasteiger partial charge in [0.05, 0.1) is 12.6 Å². The fourth-order valence-corrected chi connectivity index (χ4v) is 3.27. The molecule has 0 bridgehead atoms. The van der Waals surface area contributed by atoms with Gasteiger partial charge in [-0.15, -0.1) is 0 Å². The number of aryl methyl sites for hydroxylation is 2. The summed E-state index contributed by atoms with van der Waals surface area (Å²) >= 11 is 0. The number of benzene rings is 2. The predicted molar refractivity (Wildman–Crippen MR) is 101 cm³/mol. The Bertz CT molecular complexity index is 643. The molecule has 0 fully saturated rings. The highest BCUT2D eigenvalue weighted by Crippen LogP contribution is 2.35. The Kier molecular flexibility index (Phi) is 4.93. The van der Waals surface area contributed by atoms with Crippen LogP contribution in [0.3, 0.4) is 0 Å². The molecule has 0 aliphatic carbocycles. The van der Waals surface area contributed by atoms with Crippen molar-refractivity contribution in [2.75, 3.05) is 18.0 Å². The molecule has 3 heteroatoms. The van der Waals surface area contributed by atoms with Crippen LogP contribution >= 0.6 is 0 Å². The highest BCUT2D eigenvalue weighted by atomic mass is 16.3. The van der Waals surface area contributed by atoms with Gasteiger partial charge in [0.1, 0.15) is 0 Å². The molecule has 1 unspecified atom stereocenters. The first-order valence-electron chi connectivity index (χ1n) is 8.80. The SMILES string of the molecule is CC(C)(C)NCC(O)CN1c2ccccc2CCc2ccccc21. The number of aliphatic hydroxyl groups is 1. The molecule has 1 heterocycles. The lowest BCUT2D eigenvalue weighted by molar-refractivity contribution is 0.168. The summed E-state index contributed by atoms with van der Waals surface area (Å²) in [6, 6.07) is 17.1. The number of fused-ring (bicyclic) bond motifs is 2. The Labute approximate surface area is 145 Å². The van der Waals surface area contributed by atoms with Crippen LogP contribution in [0.2, 0.25) is 0 Å². The second-order valence-electron chi connectivity index (χ2n) is 7.65. The number of aliphatic hydroxyl groups excluding tert-OH is 1. The van der Waals surface area contributed by atoms with Gasteiger partial charge in [0.15, 0.2) is 0 Å². The molecule has 0 radical (unpaired) electrons. The topological polar surface area (TPSA) is 35.5 Å². The van der Waals surface area contributed by atoms with Gasteiger partial charge in [-0.3, -0.25) is 0 Å². The van der Waals surface area contributed by atoms with Crippen LogP contribution in [0.5, 0.6) is 0 Å². The zero-order valence-electron chi connectivity index (χ0n) is 14.9. The molecule has 0 saturated heterocycles. The van der Waals surface area contributed by atoms with Crippen molar-refractivity contribution in [3.8, 4) is 0 Å². The quantitative estimate of drug-likeness (QED) is 0.901. The second-order valence-corrected chi connectivity index (χ2v) is 7.65. The highest BCUT2D eigenvalue weighted by Gasteiger charge is 2.23. The van der Waals surface area contributed by atoms with E-state index in [1.807, 2.05) is 0 Å². The maximum atomic E-state index is 10.6. The minimum absolute atomic E-state index is 0.00951. The molecule has 2 aromatic rings. The van der Waals surface area contributed by atoms with Crippen LogP contribution in [0.1, 0.15) is 31.9 Å². The average molecular weight is 324 g/mol. The third kappa shape index (κ3) is 3.97. The van der Waals surface area contributed by atoms with Gasteiger partial charge in [0.2, 0.25) is 0 Å². The van der Waals surface area contributed by atoms with Gasteiger partial charge < -0.3 is 15.3 Å². The van der Waals surface area contributed by atoms with Crippen molar-refractivity contribution in [2.24, 2.45) is 0 Å². The minimum Gasteiger partial charge on any atom is -0.390 e. The summed E-state index contributed by atoms with van der Waals surface area (Å²) in [6.07, 6.45) is 1.66. The van der Waals surface area contributed by atoms with Crippen molar-refractivity contribution in [3.63, 3.8) is 0 Å². The molecular formula is C21H28N2O. The lowest BCUT2D eigenvalue weighted by atomic mass is 10.0. The summed E-state index contributed by atoms with van der Waals surface area (Å²) in [7, 11) is 0. The van der Waals surface area contributed by atoms with E-state index in [0.717, 1.165) is 12.8 Å². The summed E-state index contributed by atoms with van der Waals surface area (Å²) in [5.41, 5.74) is 5.15. The van der Waals surface area contributed by atoms with Gasteiger partial charge in [-0.2, -0.15) is 0 Å². The van der Waals surface area contributed by atoms with Gasteiger partial charge in [0, 0.05) is 23.5 Å². The molecule has 3 nitrogen and oxygen atoms in total. The molecule has 128 valence electrons. The first-order valence-corrected chi connectivity index (χ1v) is 8.80. The van der Waals surface area contributed by atoms with Crippen LogP contribution in [0, 0.1) is 0 Å². The molecule has 2 N–H and O–H groups in total. The molecule has 0 saturated carbocycles. The van der Waals surface area contributed by atoms with Crippen molar-refractivity contribution in [1.29, 1.82) is 0 Å². The lowest BCUT2D eigenvalue weighted by Crippen LogP contribution is -2.44. The minimum atomic E-state index is -0.427. The average Bonchev–Trinajstić information content (AvgIpc) is 2.71. The molecule has 0 amide bonds. The number of hydrogen-bond acceptors (Lipinski definition) is 3. The van der Waals surface area contributed by atoms with Gasteiger partial charge in [-0.05, 0) is 56.9 Å². The van der Waals surface area contributed by atoms with E-state index in [1.165, 1.54) is 22.5 Å². The van der Waals surface area contributed by atoms with Crippen molar-refractivity contribution in [2.45, 2.75) is 45.3 Å². The summed E-state index contributed by atoms with van der Waals surface area (Å²) in [6.45, 7) is 7.55. The molecule has 0 aromatic heterocycles. The Morgan fingerprint density at radius 3 is 1.96 bits per heavy atom. The number of nitrogens with one attached hydrogen (secondary N) is 1. The van der Waals surface area contributed by atoms with Gasteiger partial charge in [-0.1, -0.05) is 36.4 Å². The molecule has 2 aromatic carbocycles. The van der Waals surface area contributed by atoms with Crippen LogP contribution < -0.4 is 10.2 Å². The molecule has 24 heavy (non-hydrogen) atoms. The second kappa shape index (κ2) is 6.96. The molecule has 3 rings (SSSR count). The van der Waals surface area contributed by atoms with Crippen LogP contribution in [0.15, 0.2) is 48.5 Å². The van der Waals surface area contributed by atoms with E-state index in [1.54, 1.807) is 0 Å². The van der Waals surface area contributed by atoms with E-state index < -0.39 is 6.10 Å². The lowest BCUT2D eigenvalue weighted by Gasteiger charge is -2.30. The Hall–Kier alpha value is -1.84. The van der Waals surface area contributed by atoms with E-state index in [0.29, 0.717) is 13.1 Å². The molecule has 1 atom stereocenters. The Morgan fingerprint density at radius 2 is 1.46 bits per heavy atom.